The minimum atomic E-state index is -0.658. The van der Waals surface area contributed by atoms with Crippen molar-refractivity contribution in [1.29, 1.82) is 0 Å². The molecule has 2 aliphatic rings. The van der Waals surface area contributed by atoms with Crippen LogP contribution in [0.15, 0.2) is 36.3 Å². The van der Waals surface area contributed by atoms with Crippen LogP contribution in [0.1, 0.15) is 19.8 Å². The summed E-state index contributed by atoms with van der Waals surface area (Å²) in [6.07, 6.45) is 5.96. The molecule has 7 heteroatoms. The molecule has 2 aliphatic heterocycles. The maximum atomic E-state index is 12.3. The highest BCUT2D eigenvalue weighted by Crippen LogP contribution is 2.35. The Kier molecular flexibility index (Phi) is 4.51. The molecule has 0 radical (unpaired) electrons. The highest BCUT2D eigenvalue weighted by atomic mass is 35.5. The summed E-state index contributed by atoms with van der Waals surface area (Å²) in [6, 6.07) is 3.63. The van der Waals surface area contributed by atoms with Crippen molar-refractivity contribution in [3.05, 3.63) is 36.3 Å². The minimum absolute atomic E-state index is 0. The second kappa shape index (κ2) is 6.01. The predicted octanol–water partition coefficient (Wildman–Crippen LogP) is 1.78. The first kappa shape index (κ1) is 15.8. The summed E-state index contributed by atoms with van der Waals surface area (Å²) in [5, 5.41) is 1.51. The maximum absolute atomic E-state index is 12.3. The first-order valence-corrected chi connectivity index (χ1v) is 6.53. The van der Waals surface area contributed by atoms with Gasteiger partial charge in [0.25, 0.3) is 0 Å². The lowest BCUT2D eigenvalue weighted by atomic mass is 9.92. The van der Waals surface area contributed by atoms with Crippen molar-refractivity contribution in [2.75, 3.05) is 12.1 Å². The first-order chi connectivity index (χ1) is 9.62. The fourth-order valence-corrected chi connectivity index (χ4v) is 2.52. The Morgan fingerprint density at radius 3 is 3.05 bits per heavy atom. The Morgan fingerprint density at radius 1 is 1.57 bits per heavy atom. The average Bonchev–Trinajstić information content (AvgIpc) is 2.46. The van der Waals surface area contributed by atoms with Crippen LogP contribution < -0.4 is 10.4 Å². The molecule has 3 rings (SSSR count). The van der Waals surface area contributed by atoms with Gasteiger partial charge in [-0.05, 0) is 19.1 Å². The van der Waals surface area contributed by atoms with E-state index in [0.717, 1.165) is 5.70 Å². The standard InChI is InChI=1S/C14H17N3O3.ClH/c1-14-8-12(18)17(10-4-3-7-15-9-10)16-11(14)5-6-13(19-2)20-14;/h3-5,7,9,13,16H,6,8H2,1-2H3;1H/t13-,14-;/m0./s1. The van der Waals surface area contributed by atoms with E-state index in [4.69, 9.17) is 9.47 Å². The molecular formula is C14H18ClN3O3. The second-order valence-electron chi connectivity index (χ2n) is 5.10. The number of anilines is 1. The van der Waals surface area contributed by atoms with Crippen LogP contribution in [0.25, 0.3) is 0 Å². The predicted molar refractivity (Wildman–Crippen MR) is 79.7 cm³/mol. The number of methoxy groups -OCH3 is 1. The number of rotatable bonds is 2. The van der Waals surface area contributed by atoms with E-state index in [1.807, 2.05) is 19.1 Å². The summed E-state index contributed by atoms with van der Waals surface area (Å²) in [6.45, 7) is 1.90. The third-order valence-corrected chi connectivity index (χ3v) is 3.61. The van der Waals surface area contributed by atoms with Gasteiger partial charge in [-0.2, -0.15) is 0 Å². The molecule has 0 saturated carbocycles. The van der Waals surface area contributed by atoms with Gasteiger partial charge in [0.1, 0.15) is 5.60 Å². The van der Waals surface area contributed by atoms with E-state index < -0.39 is 5.60 Å². The molecule has 1 saturated heterocycles. The van der Waals surface area contributed by atoms with Crippen molar-refractivity contribution >= 4 is 24.0 Å². The van der Waals surface area contributed by atoms with Crippen molar-refractivity contribution in [2.24, 2.45) is 0 Å². The first-order valence-electron chi connectivity index (χ1n) is 6.53. The fourth-order valence-electron chi connectivity index (χ4n) is 2.52. The third kappa shape index (κ3) is 2.88. The zero-order valence-electron chi connectivity index (χ0n) is 11.9. The van der Waals surface area contributed by atoms with Crippen molar-refractivity contribution in [3.63, 3.8) is 0 Å². The normalized spacial score (nSPS) is 28.1. The molecule has 2 atom stereocenters. The SMILES string of the molecule is CO[C@@H]1CC=C2NN(c3cccnc3)C(=O)C[C@]2(C)O1.Cl. The number of carbonyl (C=O) groups is 1. The summed E-state index contributed by atoms with van der Waals surface area (Å²) < 4.78 is 11.1. The van der Waals surface area contributed by atoms with Gasteiger partial charge in [0, 0.05) is 19.7 Å². The molecule has 0 bridgehead atoms. The van der Waals surface area contributed by atoms with Crippen molar-refractivity contribution in [1.82, 2.24) is 10.4 Å². The lowest BCUT2D eigenvalue weighted by Gasteiger charge is -2.45. The summed E-state index contributed by atoms with van der Waals surface area (Å²) in [7, 11) is 1.60. The van der Waals surface area contributed by atoms with Crippen LogP contribution in [0, 0.1) is 0 Å². The van der Waals surface area contributed by atoms with Crippen LogP contribution >= 0.6 is 12.4 Å². The van der Waals surface area contributed by atoms with E-state index in [1.54, 1.807) is 25.6 Å². The zero-order chi connectivity index (χ0) is 14.2. The molecule has 6 nitrogen and oxygen atoms in total. The van der Waals surface area contributed by atoms with E-state index in [0.29, 0.717) is 12.1 Å². The van der Waals surface area contributed by atoms with Gasteiger partial charge in [0.15, 0.2) is 6.29 Å². The number of carbonyl (C=O) groups excluding carboxylic acids is 1. The number of ether oxygens (including phenoxy) is 2. The number of aromatic nitrogens is 1. The van der Waals surface area contributed by atoms with Crippen LogP contribution in [0.2, 0.25) is 0 Å². The number of halogens is 1. The molecule has 1 aromatic rings. The maximum Gasteiger partial charge on any atom is 0.248 e. The molecule has 0 unspecified atom stereocenters. The van der Waals surface area contributed by atoms with Crippen molar-refractivity contribution in [3.8, 4) is 0 Å². The molecule has 114 valence electrons. The highest BCUT2D eigenvalue weighted by Gasteiger charge is 2.44. The van der Waals surface area contributed by atoms with E-state index in [-0.39, 0.29) is 31.0 Å². The summed E-state index contributed by atoms with van der Waals surface area (Å²) in [5.41, 5.74) is 4.07. The van der Waals surface area contributed by atoms with Gasteiger partial charge >= 0.3 is 0 Å². The average molecular weight is 312 g/mol. The molecule has 21 heavy (non-hydrogen) atoms. The number of amides is 1. The van der Waals surface area contributed by atoms with Crippen LogP contribution in [-0.4, -0.2) is 29.9 Å². The van der Waals surface area contributed by atoms with Crippen molar-refractivity contribution < 1.29 is 14.3 Å². The number of fused-ring (bicyclic) bond motifs is 1. The van der Waals surface area contributed by atoms with Crippen LogP contribution in [0.5, 0.6) is 0 Å². The molecule has 0 spiro atoms. The molecule has 0 aromatic carbocycles. The number of hydrogen-bond donors (Lipinski definition) is 1. The monoisotopic (exact) mass is 311 g/mol. The van der Waals surface area contributed by atoms with Crippen LogP contribution in [0.3, 0.4) is 0 Å². The summed E-state index contributed by atoms with van der Waals surface area (Å²) in [5.74, 6) is -0.0607. The number of nitrogens with one attached hydrogen (secondary N) is 1. The molecule has 1 N–H and O–H groups in total. The summed E-state index contributed by atoms with van der Waals surface area (Å²) >= 11 is 0. The van der Waals surface area contributed by atoms with Crippen LogP contribution in [-0.2, 0) is 14.3 Å². The van der Waals surface area contributed by atoms with Crippen LogP contribution in [0.4, 0.5) is 5.69 Å². The second-order valence-corrected chi connectivity index (χ2v) is 5.10. The number of hydrazine groups is 1. The summed E-state index contributed by atoms with van der Waals surface area (Å²) in [4.78, 5) is 16.4. The highest BCUT2D eigenvalue weighted by molar-refractivity contribution is 5.94. The van der Waals surface area contributed by atoms with Gasteiger partial charge in [0.2, 0.25) is 5.91 Å². The largest absolute Gasteiger partial charge is 0.356 e. The molecular weight excluding hydrogens is 294 g/mol. The zero-order valence-corrected chi connectivity index (χ0v) is 12.7. The molecule has 3 heterocycles. The van der Waals surface area contributed by atoms with Gasteiger partial charge in [0.05, 0.1) is 24.0 Å². The van der Waals surface area contributed by atoms with E-state index in [9.17, 15) is 4.79 Å². The topological polar surface area (TPSA) is 63.7 Å². The molecule has 1 amide bonds. The van der Waals surface area contributed by atoms with E-state index in [2.05, 4.69) is 10.4 Å². The molecule has 1 fully saturated rings. The van der Waals surface area contributed by atoms with Gasteiger partial charge in [-0.15, -0.1) is 12.4 Å². The number of pyridine rings is 1. The number of hydrogen-bond acceptors (Lipinski definition) is 5. The smallest absolute Gasteiger partial charge is 0.248 e. The Hall–Kier alpha value is -1.63. The molecule has 0 aliphatic carbocycles. The lowest BCUT2D eigenvalue weighted by molar-refractivity contribution is -0.194. The third-order valence-electron chi connectivity index (χ3n) is 3.61. The quantitative estimate of drug-likeness (QED) is 0.902. The Bertz CT molecular complexity index is 552. The van der Waals surface area contributed by atoms with Gasteiger partial charge in [-0.3, -0.25) is 15.2 Å². The Balaban J connectivity index is 0.00000161. The minimum Gasteiger partial charge on any atom is -0.356 e. The number of nitrogens with zero attached hydrogens (tertiary/aromatic N) is 2. The van der Waals surface area contributed by atoms with E-state index in [1.165, 1.54) is 5.01 Å². The lowest BCUT2D eigenvalue weighted by Crippen LogP contribution is -2.59. The Morgan fingerprint density at radius 2 is 2.38 bits per heavy atom. The van der Waals surface area contributed by atoms with Gasteiger partial charge < -0.3 is 9.47 Å². The Labute approximate surface area is 129 Å². The molecule has 1 aromatic heterocycles. The van der Waals surface area contributed by atoms with Gasteiger partial charge in [-0.25, -0.2) is 5.01 Å². The van der Waals surface area contributed by atoms with E-state index >= 15 is 0 Å². The van der Waals surface area contributed by atoms with Crippen molar-refractivity contribution in [2.45, 2.75) is 31.7 Å². The fraction of sp³-hybridized carbons (Fsp3) is 0.429. The van der Waals surface area contributed by atoms with Gasteiger partial charge in [-0.1, -0.05) is 6.08 Å².